The van der Waals surface area contributed by atoms with E-state index in [1.165, 1.54) is 0 Å². The van der Waals surface area contributed by atoms with E-state index in [-0.39, 0.29) is 5.75 Å². The van der Waals surface area contributed by atoms with Crippen molar-refractivity contribution in [2.45, 2.75) is 11.4 Å². The summed E-state index contributed by atoms with van der Waals surface area (Å²) in [6, 6.07) is 5.17. The monoisotopic (exact) mass is 231 g/mol. The maximum Gasteiger partial charge on any atom is 0.181 e. The van der Waals surface area contributed by atoms with Crippen molar-refractivity contribution in [1.82, 2.24) is 5.32 Å². The normalized spacial score (nSPS) is 19.8. The molecule has 0 atom stereocenters. The lowest BCUT2D eigenvalue weighted by molar-refractivity contribution is 0.595. The molecule has 0 spiro atoms. The van der Waals surface area contributed by atoms with Crippen LogP contribution in [0.3, 0.4) is 0 Å². The molecule has 1 aromatic carbocycles. The zero-order valence-corrected chi connectivity index (χ0v) is 9.03. The van der Waals surface area contributed by atoms with Gasteiger partial charge in [-0.25, -0.2) is 8.42 Å². The Morgan fingerprint density at radius 2 is 2.14 bits per heavy atom. The van der Waals surface area contributed by atoms with Gasteiger partial charge in [0.15, 0.2) is 9.84 Å². The molecule has 3 nitrogen and oxygen atoms in total. The van der Waals surface area contributed by atoms with Gasteiger partial charge in [0.25, 0.3) is 0 Å². The Morgan fingerprint density at radius 1 is 1.36 bits per heavy atom. The second-order valence-electron chi connectivity index (χ2n) is 3.22. The standard InChI is InChI=1S/C9H10ClNO2S/c10-8-3-1-2-7-6-11-4-5-14(12,13)9(7)8/h1-3,11H,4-6H2. The van der Waals surface area contributed by atoms with Crippen LogP contribution in [0.15, 0.2) is 23.1 Å². The molecule has 14 heavy (non-hydrogen) atoms. The first-order valence-electron chi connectivity index (χ1n) is 4.32. The van der Waals surface area contributed by atoms with Crippen molar-refractivity contribution >= 4 is 21.4 Å². The van der Waals surface area contributed by atoms with Gasteiger partial charge in [-0.15, -0.1) is 0 Å². The Hall–Kier alpha value is -0.580. The predicted molar refractivity (Wildman–Crippen MR) is 55.2 cm³/mol. The average molecular weight is 232 g/mol. The van der Waals surface area contributed by atoms with Crippen molar-refractivity contribution in [3.8, 4) is 0 Å². The lowest BCUT2D eigenvalue weighted by atomic mass is 10.2. The van der Waals surface area contributed by atoms with Crippen molar-refractivity contribution < 1.29 is 8.42 Å². The first-order valence-corrected chi connectivity index (χ1v) is 6.35. The first-order chi connectivity index (χ1) is 6.61. The number of sulfone groups is 1. The number of hydrogen-bond acceptors (Lipinski definition) is 3. The molecule has 0 fully saturated rings. The maximum atomic E-state index is 11.8. The van der Waals surface area contributed by atoms with Gasteiger partial charge in [-0.2, -0.15) is 0 Å². The number of benzene rings is 1. The summed E-state index contributed by atoms with van der Waals surface area (Å²) >= 11 is 5.89. The number of halogens is 1. The minimum atomic E-state index is -3.20. The second-order valence-corrected chi connectivity index (χ2v) is 5.68. The molecular weight excluding hydrogens is 222 g/mol. The van der Waals surface area contributed by atoms with Crippen LogP contribution in [0.2, 0.25) is 5.02 Å². The molecule has 5 heteroatoms. The van der Waals surface area contributed by atoms with Gasteiger partial charge in [0.05, 0.1) is 15.7 Å². The molecule has 0 amide bonds. The van der Waals surface area contributed by atoms with Gasteiger partial charge in [0, 0.05) is 13.1 Å². The number of hydrogen-bond donors (Lipinski definition) is 1. The lowest BCUT2D eigenvalue weighted by Gasteiger charge is -2.06. The van der Waals surface area contributed by atoms with Crippen LogP contribution in [-0.2, 0) is 16.4 Å². The van der Waals surface area contributed by atoms with Crippen molar-refractivity contribution in [1.29, 1.82) is 0 Å². The van der Waals surface area contributed by atoms with E-state index in [0.29, 0.717) is 23.0 Å². The van der Waals surface area contributed by atoms with E-state index in [0.717, 1.165) is 5.56 Å². The molecule has 0 saturated heterocycles. The summed E-state index contributed by atoms with van der Waals surface area (Å²) in [5, 5.41) is 3.37. The SMILES string of the molecule is O=S1(=O)CCNCc2cccc(Cl)c21. The van der Waals surface area contributed by atoms with Crippen LogP contribution in [0.4, 0.5) is 0 Å². The molecule has 0 aliphatic carbocycles. The zero-order chi connectivity index (χ0) is 10.2. The smallest absolute Gasteiger partial charge is 0.181 e. The average Bonchev–Trinajstić information content (AvgIpc) is 2.25. The van der Waals surface area contributed by atoms with Crippen LogP contribution in [0, 0.1) is 0 Å². The number of rotatable bonds is 0. The molecule has 76 valence electrons. The van der Waals surface area contributed by atoms with Gasteiger partial charge in [0.2, 0.25) is 0 Å². The van der Waals surface area contributed by atoms with Crippen molar-refractivity contribution in [2.75, 3.05) is 12.3 Å². The van der Waals surface area contributed by atoms with Crippen LogP contribution >= 0.6 is 11.6 Å². The highest BCUT2D eigenvalue weighted by molar-refractivity contribution is 7.91. The van der Waals surface area contributed by atoms with E-state index < -0.39 is 9.84 Å². The summed E-state index contributed by atoms with van der Waals surface area (Å²) in [5.74, 6) is 0.115. The molecule has 0 radical (unpaired) electrons. The molecular formula is C9H10ClNO2S. The Balaban J connectivity index is 2.70. The van der Waals surface area contributed by atoms with E-state index in [1.54, 1.807) is 18.2 Å². The lowest BCUT2D eigenvalue weighted by Crippen LogP contribution is -2.17. The third-order valence-electron chi connectivity index (χ3n) is 2.22. The Kier molecular flexibility index (Phi) is 2.51. The van der Waals surface area contributed by atoms with Gasteiger partial charge < -0.3 is 5.32 Å². The molecule has 1 heterocycles. The van der Waals surface area contributed by atoms with Crippen LogP contribution in [0.25, 0.3) is 0 Å². The highest BCUT2D eigenvalue weighted by Gasteiger charge is 2.23. The van der Waals surface area contributed by atoms with Crippen LogP contribution in [-0.4, -0.2) is 20.7 Å². The van der Waals surface area contributed by atoms with Crippen molar-refractivity contribution in [2.24, 2.45) is 0 Å². The third kappa shape index (κ3) is 1.65. The Bertz CT molecular complexity index is 456. The predicted octanol–water partition coefficient (Wildman–Crippen LogP) is 1.22. The molecule has 0 saturated carbocycles. The van der Waals surface area contributed by atoms with E-state index in [2.05, 4.69) is 5.32 Å². The minimum absolute atomic E-state index is 0.115. The summed E-state index contributed by atoms with van der Waals surface area (Å²) in [7, 11) is -3.20. The van der Waals surface area contributed by atoms with Crippen LogP contribution in [0.5, 0.6) is 0 Å². The quantitative estimate of drug-likeness (QED) is 0.730. The van der Waals surface area contributed by atoms with Crippen LogP contribution in [0.1, 0.15) is 5.56 Å². The molecule has 0 aromatic heterocycles. The largest absolute Gasteiger partial charge is 0.312 e. The fourth-order valence-corrected chi connectivity index (χ4v) is 3.64. The van der Waals surface area contributed by atoms with Gasteiger partial charge in [-0.1, -0.05) is 23.7 Å². The Morgan fingerprint density at radius 3 is 2.93 bits per heavy atom. The summed E-state index contributed by atoms with van der Waals surface area (Å²) in [6.45, 7) is 1.04. The molecule has 1 N–H and O–H groups in total. The molecule has 1 aliphatic heterocycles. The van der Waals surface area contributed by atoms with Crippen molar-refractivity contribution in [3.05, 3.63) is 28.8 Å². The third-order valence-corrected chi connectivity index (χ3v) is 4.50. The minimum Gasteiger partial charge on any atom is -0.312 e. The highest BCUT2D eigenvalue weighted by atomic mass is 35.5. The summed E-state index contributed by atoms with van der Waals surface area (Å²) in [5.41, 5.74) is 0.759. The second kappa shape index (κ2) is 3.53. The van der Waals surface area contributed by atoms with Gasteiger partial charge in [-0.3, -0.25) is 0 Å². The molecule has 1 aliphatic rings. The number of fused-ring (bicyclic) bond motifs is 1. The molecule has 2 rings (SSSR count). The summed E-state index contributed by atoms with van der Waals surface area (Å²) in [4.78, 5) is 0.298. The van der Waals surface area contributed by atoms with E-state index in [9.17, 15) is 8.42 Å². The fraction of sp³-hybridized carbons (Fsp3) is 0.333. The first kappa shape index (κ1) is 9.96. The fourth-order valence-electron chi connectivity index (χ4n) is 1.57. The van der Waals surface area contributed by atoms with Gasteiger partial charge in [-0.05, 0) is 11.6 Å². The Labute approximate surface area is 88.0 Å². The molecule has 1 aromatic rings. The topological polar surface area (TPSA) is 46.2 Å². The zero-order valence-electron chi connectivity index (χ0n) is 7.46. The highest BCUT2D eigenvalue weighted by Crippen LogP contribution is 2.27. The van der Waals surface area contributed by atoms with Crippen molar-refractivity contribution in [3.63, 3.8) is 0 Å². The van der Waals surface area contributed by atoms with E-state index >= 15 is 0 Å². The summed E-state index contributed by atoms with van der Waals surface area (Å²) in [6.07, 6.45) is 0. The molecule has 0 bridgehead atoms. The summed E-state index contributed by atoms with van der Waals surface area (Å²) < 4.78 is 23.6. The van der Waals surface area contributed by atoms with Gasteiger partial charge in [0.1, 0.15) is 0 Å². The molecule has 0 unspecified atom stereocenters. The van der Waals surface area contributed by atoms with E-state index in [4.69, 9.17) is 11.6 Å². The number of nitrogens with one attached hydrogen (secondary N) is 1. The van der Waals surface area contributed by atoms with Crippen LogP contribution < -0.4 is 5.32 Å². The van der Waals surface area contributed by atoms with Gasteiger partial charge >= 0.3 is 0 Å². The maximum absolute atomic E-state index is 11.8. The van der Waals surface area contributed by atoms with E-state index in [1.807, 2.05) is 0 Å².